The van der Waals surface area contributed by atoms with E-state index in [1.54, 1.807) is 0 Å². The lowest BCUT2D eigenvalue weighted by Crippen LogP contribution is -2.59. The third kappa shape index (κ3) is 6.60. The number of hydrogen-bond donors (Lipinski definition) is 1. The largest absolute Gasteiger partial charge is 0.416 e. The zero-order valence-corrected chi connectivity index (χ0v) is 20.9. The molecule has 1 N–H and O–H groups in total. The van der Waals surface area contributed by atoms with Gasteiger partial charge in [0.1, 0.15) is 12.0 Å². The number of ether oxygens (including phenoxy) is 3. The molecule has 0 aromatic heterocycles. The van der Waals surface area contributed by atoms with E-state index < -0.39 is 53.5 Å². The van der Waals surface area contributed by atoms with E-state index in [2.05, 4.69) is 5.32 Å². The van der Waals surface area contributed by atoms with E-state index in [9.17, 15) is 30.7 Å². The number of morpholine rings is 1. The molecule has 210 valence electrons. The maximum Gasteiger partial charge on any atom is 0.416 e. The molecule has 1 fully saturated rings. The molecule has 0 aliphatic carbocycles. The average molecular weight is 558 g/mol. The lowest BCUT2D eigenvalue weighted by atomic mass is 9.99. The van der Waals surface area contributed by atoms with E-state index in [4.69, 9.17) is 14.2 Å². The fraction of sp³-hybridized carbons (Fsp3) is 0.357. The molecule has 0 amide bonds. The minimum atomic E-state index is -4.64. The number of hydrogen-bond acceptors (Lipinski definition) is 4. The first kappa shape index (κ1) is 29.0. The highest BCUT2D eigenvalue weighted by molar-refractivity contribution is 5.33. The van der Waals surface area contributed by atoms with Crippen LogP contribution in [0.25, 0.3) is 0 Å². The summed E-state index contributed by atoms with van der Waals surface area (Å²) in [6.45, 7) is 2.61. The SMILES string of the molecule is CC(OC1COCC(OC(C)c2ccccc2C(F)(F)F)(c2ccc(F)cc2)N1)c1ccccc1C(F)(F)F. The summed E-state index contributed by atoms with van der Waals surface area (Å²) in [6.07, 6.45) is -12.4. The van der Waals surface area contributed by atoms with Crippen LogP contribution in [0.15, 0.2) is 72.8 Å². The van der Waals surface area contributed by atoms with Crippen molar-refractivity contribution in [3.63, 3.8) is 0 Å². The van der Waals surface area contributed by atoms with E-state index in [0.717, 1.165) is 24.3 Å². The van der Waals surface area contributed by atoms with Crippen molar-refractivity contribution < 1.29 is 44.9 Å². The minimum Gasteiger partial charge on any atom is -0.372 e. The summed E-state index contributed by atoms with van der Waals surface area (Å²) < 4.78 is 113. The van der Waals surface area contributed by atoms with Crippen LogP contribution in [0.4, 0.5) is 30.7 Å². The van der Waals surface area contributed by atoms with Gasteiger partial charge in [0.05, 0.1) is 36.5 Å². The molecule has 3 aromatic carbocycles. The standard InChI is InChI=1S/C28H26F7NO3/c1-17(21-7-3-5-9-23(21)27(30,31)32)38-25-15-37-16-26(36-25,19-11-13-20(29)14-12-19)39-18(2)22-8-4-6-10-24(22)28(33,34)35/h3-14,17-18,25,36H,15-16H2,1-2H3. The molecule has 4 atom stereocenters. The first-order valence-corrected chi connectivity index (χ1v) is 12.1. The van der Waals surface area contributed by atoms with Crippen LogP contribution >= 0.6 is 0 Å². The Kier molecular flexibility index (Phi) is 8.36. The van der Waals surface area contributed by atoms with E-state index in [1.165, 1.54) is 62.4 Å². The number of halogens is 7. The third-order valence-corrected chi connectivity index (χ3v) is 6.43. The van der Waals surface area contributed by atoms with Crippen LogP contribution in [-0.4, -0.2) is 19.4 Å². The molecule has 1 heterocycles. The van der Waals surface area contributed by atoms with Crippen molar-refractivity contribution in [3.8, 4) is 0 Å². The molecule has 1 saturated heterocycles. The number of benzene rings is 3. The molecule has 4 unspecified atom stereocenters. The Morgan fingerprint density at radius 3 is 1.85 bits per heavy atom. The Morgan fingerprint density at radius 2 is 1.31 bits per heavy atom. The van der Waals surface area contributed by atoms with Crippen LogP contribution in [-0.2, 0) is 32.3 Å². The van der Waals surface area contributed by atoms with Gasteiger partial charge in [-0.25, -0.2) is 4.39 Å². The van der Waals surface area contributed by atoms with Crippen LogP contribution in [0.3, 0.4) is 0 Å². The molecule has 0 spiro atoms. The monoisotopic (exact) mass is 557 g/mol. The molecule has 1 aliphatic heterocycles. The van der Waals surface area contributed by atoms with Gasteiger partial charge in [-0.2, -0.15) is 26.3 Å². The van der Waals surface area contributed by atoms with Gasteiger partial charge in [0.15, 0.2) is 5.72 Å². The molecule has 1 aliphatic rings. The molecule has 0 radical (unpaired) electrons. The molecule has 4 nitrogen and oxygen atoms in total. The van der Waals surface area contributed by atoms with Crippen LogP contribution in [0.5, 0.6) is 0 Å². The normalized spacial score (nSPS) is 21.9. The lowest BCUT2D eigenvalue weighted by molar-refractivity contribution is -0.230. The zero-order chi connectivity index (χ0) is 28.4. The number of alkyl halides is 6. The summed E-state index contributed by atoms with van der Waals surface area (Å²) in [6, 6.07) is 15.0. The number of nitrogens with one attached hydrogen (secondary N) is 1. The lowest BCUT2D eigenvalue weighted by Gasteiger charge is -2.44. The summed E-state index contributed by atoms with van der Waals surface area (Å²) in [7, 11) is 0. The predicted octanol–water partition coefficient (Wildman–Crippen LogP) is 7.52. The van der Waals surface area contributed by atoms with Gasteiger partial charge in [0, 0.05) is 5.56 Å². The number of rotatable bonds is 7. The molecule has 0 saturated carbocycles. The van der Waals surface area contributed by atoms with E-state index >= 15 is 0 Å². The Balaban J connectivity index is 1.65. The summed E-state index contributed by atoms with van der Waals surface area (Å²) in [5.74, 6) is -0.550. The van der Waals surface area contributed by atoms with Crippen molar-refractivity contribution in [1.82, 2.24) is 5.32 Å². The van der Waals surface area contributed by atoms with Gasteiger partial charge in [-0.15, -0.1) is 0 Å². The van der Waals surface area contributed by atoms with Crippen LogP contribution in [0, 0.1) is 5.82 Å². The van der Waals surface area contributed by atoms with Crippen LogP contribution in [0.2, 0.25) is 0 Å². The Bertz CT molecular complexity index is 1260. The van der Waals surface area contributed by atoms with Crippen molar-refractivity contribution in [2.45, 2.75) is 50.4 Å². The van der Waals surface area contributed by atoms with Gasteiger partial charge in [-0.05, 0) is 49.2 Å². The molecule has 4 rings (SSSR count). The second kappa shape index (κ2) is 11.2. The Labute approximate surface area is 220 Å². The second-order valence-electron chi connectivity index (χ2n) is 9.19. The summed E-state index contributed by atoms with van der Waals surface area (Å²) >= 11 is 0. The predicted molar refractivity (Wildman–Crippen MR) is 128 cm³/mol. The highest BCUT2D eigenvalue weighted by atomic mass is 19.4. The van der Waals surface area contributed by atoms with Crippen molar-refractivity contribution in [2.75, 3.05) is 13.2 Å². The third-order valence-electron chi connectivity index (χ3n) is 6.43. The van der Waals surface area contributed by atoms with Crippen molar-refractivity contribution in [3.05, 3.63) is 106 Å². The highest BCUT2D eigenvalue weighted by Crippen LogP contribution is 2.40. The smallest absolute Gasteiger partial charge is 0.372 e. The zero-order valence-electron chi connectivity index (χ0n) is 20.9. The molecule has 11 heteroatoms. The van der Waals surface area contributed by atoms with Crippen LogP contribution < -0.4 is 5.32 Å². The first-order chi connectivity index (χ1) is 18.3. The van der Waals surface area contributed by atoms with E-state index in [1.807, 2.05) is 0 Å². The van der Waals surface area contributed by atoms with Crippen LogP contribution in [0.1, 0.15) is 53.9 Å². The quantitative estimate of drug-likeness (QED) is 0.305. The maximum absolute atomic E-state index is 13.7. The highest BCUT2D eigenvalue weighted by Gasteiger charge is 2.44. The Morgan fingerprint density at radius 1 is 0.795 bits per heavy atom. The summed E-state index contributed by atoms with van der Waals surface area (Å²) in [5, 5.41) is 3.07. The van der Waals surface area contributed by atoms with Gasteiger partial charge in [-0.1, -0.05) is 48.5 Å². The maximum atomic E-state index is 13.7. The topological polar surface area (TPSA) is 39.7 Å². The van der Waals surface area contributed by atoms with Crippen molar-refractivity contribution in [2.24, 2.45) is 0 Å². The van der Waals surface area contributed by atoms with E-state index in [0.29, 0.717) is 5.56 Å². The van der Waals surface area contributed by atoms with E-state index in [-0.39, 0.29) is 24.3 Å². The fourth-order valence-corrected chi connectivity index (χ4v) is 4.65. The summed E-state index contributed by atoms with van der Waals surface area (Å²) in [4.78, 5) is 0. The summed E-state index contributed by atoms with van der Waals surface area (Å²) in [5.41, 5.74) is -3.25. The van der Waals surface area contributed by atoms with Gasteiger partial charge in [0.2, 0.25) is 0 Å². The van der Waals surface area contributed by atoms with Gasteiger partial charge in [-0.3, -0.25) is 5.32 Å². The second-order valence-corrected chi connectivity index (χ2v) is 9.19. The average Bonchev–Trinajstić information content (AvgIpc) is 2.88. The molecule has 0 bridgehead atoms. The van der Waals surface area contributed by atoms with Crippen molar-refractivity contribution in [1.29, 1.82) is 0 Å². The first-order valence-electron chi connectivity index (χ1n) is 12.1. The van der Waals surface area contributed by atoms with Gasteiger partial charge < -0.3 is 14.2 Å². The molecule has 39 heavy (non-hydrogen) atoms. The van der Waals surface area contributed by atoms with Crippen molar-refractivity contribution >= 4 is 0 Å². The molecule has 3 aromatic rings. The van der Waals surface area contributed by atoms with Gasteiger partial charge >= 0.3 is 12.4 Å². The van der Waals surface area contributed by atoms with Gasteiger partial charge in [0.25, 0.3) is 0 Å². The minimum absolute atomic E-state index is 0.0850. The molecular weight excluding hydrogens is 531 g/mol. The Hall–Kier alpha value is -2.99. The fourth-order valence-electron chi connectivity index (χ4n) is 4.65. The molecular formula is C28H26F7NO3.